The lowest BCUT2D eigenvalue weighted by Gasteiger charge is -2.18. The third kappa shape index (κ3) is 3.79. The van der Waals surface area contributed by atoms with Crippen molar-refractivity contribution in [1.29, 1.82) is 0 Å². The number of amides is 1. The molecule has 2 atom stereocenters. The highest BCUT2D eigenvalue weighted by Gasteiger charge is 2.20. The first kappa shape index (κ1) is 15.2. The lowest BCUT2D eigenvalue weighted by Crippen LogP contribution is -2.40. The average molecular weight is 264 g/mol. The van der Waals surface area contributed by atoms with Gasteiger partial charge in [-0.1, -0.05) is 26.3 Å². The van der Waals surface area contributed by atoms with Crippen LogP contribution in [0.1, 0.15) is 36.2 Å². The normalized spacial score (nSPS) is 13.7. The van der Waals surface area contributed by atoms with Crippen molar-refractivity contribution in [2.75, 3.05) is 5.32 Å². The van der Waals surface area contributed by atoms with E-state index in [2.05, 4.69) is 5.32 Å². The molecule has 0 bridgehead atoms. The van der Waals surface area contributed by atoms with Gasteiger partial charge in [-0.25, -0.2) is 4.79 Å². The van der Waals surface area contributed by atoms with Crippen molar-refractivity contribution in [3.8, 4) is 0 Å². The van der Waals surface area contributed by atoms with Gasteiger partial charge in [0, 0.05) is 5.69 Å². The molecule has 0 aliphatic carbocycles. The van der Waals surface area contributed by atoms with Crippen molar-refractivity contribution >= 4 is 17.6 Å². The third-order valence-electron chi connectivity index (χ3n) is 3.30. The van der Waals surface area contributed by atoms with E-state index in [9.17, 15) is 9.59 Å². The molecular weight excluding hydrogens is 244 g/mol. The summed E-state index contributed by atoms with van der Waals surface area (Å²) in [6, 6.07) is 4.01. The summed E-state index contributed by atoms with van der Waals surface area (Å²) in [6.07, 6.45) is 0.808. The van der Waals surface area contributed by atoms with Gasteiger partial charge in [0.1, 0.15) is 0 Å². The molecule has 5 nitrogen and oxygen atoms in total. The van der Waals surface area contributed by atoms with Crippen LogP contribution in [0.3, 0.4) is 0 Å². The Morgan fingerprint density at radius 3 is 2.58 bits per heavy atom. The fourth-order valence-electron chi connectivity index (χ4n) is 1.62. The monoisotopic (exact) mass is 264 g/mol. The van der Waals surface area contributed by atoms with E-state index >= 15 is 0 Å². The number of carboxylic acid groups (broad SMARTS) is 1. The molecule has 0 fully saturated rings. The molecule has 0 aliphatic heterocycles. The molecule has 19 heavy (non-hydrogen) atoms. The Morgan fingerprint density at radius 2 is 2.05 bits per heavy atom. The number of nitrogens with two attached hydrogens (primary N) is 1. The Kier molecular flexibility index (Phi) is 5.06. The number of aromatic carboxylic acids is 1. The smallest absolute Gasteiger partial charge is 0.335 e. The molecule has 1 aromatic carbocycles. The first-order valence-corrected chi connectivity index (χ1v) is 6.27. The molecular formula is C14H20N2O3. The Hall–Kier alpha value is -1.88. The molecule has 5 heteroatoms. The predicted octanol–water partition coefficient (Wildman–Crippen LogP) is 2.01. The largest absolute Gasteiger partial charge is 0.478 e. The maximum Gasteiger partial charge on any atom is 0.335 e. The second-order valence-electron chi connectivity index (χ2n) is 4.74. The van der Waals surface area contributed by atoms with Crippen molar-refractivity contribution in [3.63, 3.8) is 0 Å². The maximum absolute atomic E-state index is 12.0. The zero-order chi connectivity index (χ0) is 14.6. The van der Waals surface area contributed by atoms with Gasteiger partial charge in [0.2, 0.25) is 5.91 Å². The Bertz CT molecular complexity index is 486. The zero-order valence-electron chi connectivity index (χ0n) is 11.4. The molecule has 4 N–H and O–H groups in total. The van der Waals surface area contributed by atoms with E-state index in [1.165, 1.54) is 12.1 Å². The van der Waals surface area contributed by atoms with Gasteiger partial charge in [0.05, 0.1) is 11.6 Å². The van der Waals surface area contributed by atoms with Gasteiger partial charge >= 0.3 is 5.97 Å². The van der Waals surface area contributed by atoms with Gasteiger partial charge in [-0.15, -0.1) is 0 Å². The van der Waals surface area contributed by atoms with Crippen molar-refractivity contribution in [2.24, 2.45) is 11.7 Å². The first-order valence-electron chi connectivity index (χ1n) is 6.27. The summed E-state index contributed by atoms with van der Waals surface area (Å²) in [5.41, 5.74) is 7.27. The van der Waals surface area contributed by atoms with Crippen molar-refractivity contribution in [1.82, 2.24) is 0 Å². The van der Waals surface area contributed by atoms with E-state index < -0.39 is 12.0 Å². The fourth-order valence-corrected chi connectivity index (χ4v) is 1.62. The number of carbonyl (C=O) groups is 2. The van der Waals surface area contributed by atoms with Gasteiger partial charge in [-0.05, 0) is 30.5 Å². The summed E-state index contributed by atoms with van der Waals surface area (Å²) in [5, 5.41) is 11.6. The van der Waals surface area contributed by atoms with Crippen molar-refractivity contribution in [2.45, 2.75) is 33.2 Å². The lowest BCUT2D eigenvalue weighted by atomic mass is 9.99. The molecule has 0 aromatic heterocycles. The zero-order valence-corrected chi connectivity index (χ0v) is 11.4. The first-order chi connectivity index (χ1) is 8.86. The van der Waals surface area contributed by atoms with Crippen LogP contribution >= 0.6 is 0 Å². The van der Waals surface area contributed by atoms with Crippen LogP contribution in [-0.4, -0.2) is 23.0 Å². The molecule has 0 aliphatic rings. The molecule has 0 heterocycles. The second-order valence-corrected chi connectivity index (χ2v) is 4.74. The van der Waals surface area contributed by atoms with Gasteiger partial charge in [0.25, 0.3) is 0 Å². The third-order valence-corrected chi connectivity index (χ3v) is 3.30. The summed E-state index contributed by atoms with van der Waals surface area (Å²) < 4.78 is 0. The average Bonchev–Trinajstić information content (AvgIpc) is 2.38. The Morgan fingerprint density at radius 1 is 1.42 bits per heavy atom. The van der Waals surface area contributed by atoms with E-state index in [1.54, 1.807) is 13.0 Å². The predicted molar refractivity (Wildman–Crippen MR) is 74.2 cm³/mol. The van der Waals surface area contributed by atoms with Crippen molar-refractivity contribution in [3.05, 3.63) is 29.3 Å². The molecule has 1 unspecified atom stereocenters. The summed E-state index contributed by atoms with van der Waals surface area (Å²) in [5.74, 6) is -1.25. The van der Waals surface area contributed by atoms with E-state index in [4.69, 9.17) is 10.8 Å². The molecule has 1 aromatic rings. The number of anilines is 1. The number of nitrogens with one attached hydrogen (secondary N) is 1. The van der Waals surface area contributed by atoms with Crippen molar-refractivity contribution < 1.29 is 14.7 Å². The molecule has 1 amide bonds. The van der Waals surface area contributed by atoms with Crippen LogP contribution in [0, 0.1) is 12.8 Å². The number of aryl methyl sites for hydroxylation is 1. The fraction of sp³-hybridized carbons (Fsp3) is 0.429. The van der Waals surface area contributed by atoms with E-state index in [0.717, 1.165) is 12.0 Å². The van der Waals surface area contributed by atoms with Crippen LogP contribution < -0.4 is 11.1 Å². The highest BCUT2D eigenvalue weighted by Crippen LogP contribution is 2.18. The number of carboxylic acids is 1. The molecule has 0 saturated carbocycles. The summed E-state index contributed by atoms with van der Waals surface area (Å²) >= 11 is 0. The summed E-state index contributed by atoms with van der Waals surface area (Å²) in [6.45, 7) is 5.68. The quantitative estimate of drug-likeness (QED) is 0.758. The molecule has 0 saturated heterocycles. The SMILES string of the molecule is CCC(C)[C@H](N)C(=O)Nc1cc(C(=O)O)ccc1C. The van der Waals surface area contributed by atoms with Crippen LogP contribution in [0.5, 0.6) is 0 Å². The molecule has 104 valence electrons. The van der Waals surface area contributed by atoms with Crippen LogP contribution in [0.2, 0.25) is 0 Å². The van der Waals surface area contributed by atoms with Gasteiger partial charge in [0.15, 0.2) is 0 Å². The van der Waals surface area contributed by atoms with Crippen LogP contribution in [-0.2, 0) is 4.79 Å². The summed E-state index contributed by atoms with van der Waals surface area (Å²) in [7, 11) is 0. The van der Waals surface area contributed by atoms with Crippen LogP contribution in [0.25, 0.3) is 0 Å². The van der Waals surface area contributed by atoms with Crippen LogP contribution in [0.4, 0.5) is 5.69 Å². The minimum atomic E-state index is -1.03. The van der Waals surface area contributed by atoms with E-state index in [1.807, 2.05) is 13.8 Å². The van der Waals surface area contributed by atoms with E-state index in [-0.39, 0.29) is 17.4 Å². The number of hydrogen-bond donors (Lipinski definition) is 3. The standard InChI is InChI=1S/C14H20N2O3/c1-4-8(2)12(15)13(17)16-11-7-10(14(18)19)6-5-9(11)3/h5-8,12H,4,15H2,1-3H3,(H,16,17)(H,18,19)/t8?,12-/m0/s1. The topological polar surface area (TPSA) is 92.4 Å². The highest BCUT2D eigenvalue weighted by atomic mass is 16.4. The van der Waals surface area contributed by atoms with Gasteiger partial charge in [-0.2, -0.15) is 0 Å². The molecule has 0 spiro atoms. The van der Waals surface area contributed by atoms with E-state index in [0.29, 0.717) is 5.69 Å². The van der Waals surface area contributed by atoms with Gasteiger partial charge in [-0.3, -0.25) is 4.79 Å². The number of benzene rings is 1. The van der Waals surface area contributed by atoms with Gasteiger partial charge < -0.3 is 16.2 Å². The summed E-state index contributed by atoms with van der Waals surface area (Å²) in [4.78, 5) is 22.9. The minimum Gasteiger partial charge on any atom is -0.478 e. The molecule has 1 rings (SSSR count). The number of hydrogen-bond acceptors (Lipinski definition) is 3. The lowest BCUT2D eigenvalue weighted by molar-refractivity contribution is -0.118. The number of carbonyl (C=O) groups excluding carboxylic acids is 1. The maximum atomic E-state index is 12.0. The Labute approximate surface area is 112 Å². The number of rotatable bonds is 5. The highest BCUT2D eigenvalue weighted by molar-refractivity contribution is 5.97. The Balaban J connectivity index is 2.90. The second kappa shape index (κ2) is 6.33. The minimum absolute atomic E-state index is 0.0722. The molecule has 0 radical (unpaired) electrons. The van der Waals surface area contributed by atoms with Crippen LogP contribution in [0.15, 0.2) is 18.2 Å².